The lowest BCUT2D eigenvalue weighted by Crippen LogP contribution is -2.34. The van der Waals surface area contributed by atoms with E-state index in [2.05, 4.69) is 15.1 Å². The molecule has 144 valence electrons. The number of amides is 1. The number of H-pyrrole nitrogens is 1. The highest BCUT2D eigenvalue weighted by molar-refractivity contribution is 5.93. The van der Waals surface area contributed by atoms with E-state index in [4.69, 9.17) is 0 Å². The summed E-state index contributed by atoms with van der Waals surface area (Å²) in [7, 11) is 0. The van der Waals surface area contributed by atoms with Crippen LogP contribution in [0.3, 0.4) is 0 Å². The van der Waals surface area contributed by atoms with Crippen molar-refractivity contribution < 1.29 is 4.79 Å². The first-order chi connectivity index (χ1) is 13.4. The van der Waals surface area contributed by atoms with Crippen molar-refractivity contribution in [3.63, 3.8) is 0 Å². The SMILES string of the molecule is Cc1ccc(-c2ncc(C(=O)N3CCC(n4nc(C)cc4C)C3)c(=O)[nH]2)cc1. The highest BCUT2D eigenvalue weighted by Crippen LogP contribution is 2.24. The molecule has 0 aliphatic carbocycles. The van der Waals surface area contributed by atoms with Gasteiger partial charge < -0.3 is 9.88 Å². The van der Waals surface area contributed by atoms with Crippen LogP contribution in [-0.4, -0.2) is 43.6 Å². The minimum Gasteiger partial charge on any atom is -0.336 e. The number of rotatable bonds is 3. The summed E-state index contributed by atoms with van der Waals surface area (Å²) < 4.78 is 1.98. The van der Waals surface area contributed by atoms with Gasteiger partial charge in [-0.2, -0.15) is 5.10 Å². The minimum atomic E-state index is -0.412. The third kappa shape index (κ3) is 3.35. The molecule has 1 saturated heterocycles. The molecule has 4 rings (SSSR count). The molecule has 28 heavy (non-hydrogen) atoms. The number of hydrogen-bond acceptors (Lipinski definition) is 4. The molecule has 1 aliphatic heterocycles. The van der Waals surface area contributed by atoms with E-state index in [-0.39, 0.29) is 17.5 Å². The van der Waals surface area contributed by atoms with E-state index in [1.54, 1.807) is 4.90 Å². The zero-order chi connectivity index (χ0) is 19.8. The van der Waals surface area contributed by atoms with Crippen molar-refractivity contribution in [2.75, 3.05) is 13.1 Å². The Hall–Kier alpha value is -3.22. The minimum absolute atomic E-state index is 0.0740. The lowest BCUT2D eigenvalue weighted by molar-refractivity contribution is 0.0784. The Labute approximate surface area is 163 Å². The molecular weight excluding hydrogens is 354 g/mol. The number of aromatic amines is 1. The zero-order valence-corrected chi connectivity index (χ0v) is 16.3. The van der Waals surface area contributed by atoms with Gasteiger partial charge in [0.1, 0.15) is 11.4 Å². The summed E-state index contributed by atoms with van der Waals surface area (Å²) in [5, 5.41) is 4.53. The first-order valence-electron chi connectivity index (χ1n) is 9.41. The van der Waals surface area contributed by atoms with Gasteiger partial charge in [0.15, 0.2) is 0 Å². The molecule has 3 aromatic rings. The molecular formula is C21H23N5O2. The standard InChI is InChI=1S/C21H23N5O2/c1-13-4-6-16(7-5-13)19-22-11-18(20(27)23-19)21(28)25-9-8-17(12-25)26-15(3)10-14(2)24-26/h4-7,10-11,17H,8-9,12H2,1-3H3,(H,22,23,27). The van der Waals surface area contributed by atoms with Crippen LogP contribution in [0.2, 0.25) is 0 Å². The Morgan fingerprint density at radius 3 is 2.57 bits per heavy atom. The van der Waals surface area contributed by atoms with Gasteiger partial charge >= 0.3 is 0 Å². The molecule has 1 aromatic carbocycles. The molecule has 2 aromatic heterocycles. The van der Waals surface area contributed by atoms with Gasteiger partial charge in [0.25, 0.3) is 11.5 Å². The van der Waals surface area contributed by atoms with E-state index in [1.807, 2.05) is 55.8 Å². The molecule has 1 unspecified atom stereocenters. The van der Waals surface area contributed by atoms with Crippen LogP contribution in [0.25, 0.3) is 11.4 Å². The monoisotopic (exact) mass is 377 g/mol. The number of nitrogens with zero attached hydrogens (tertiary/aromatic N) is 4. The van der Waals surface area contributed by atoms with Crippen molar-refractivity contribution in [3.05, 3.63) is 69.4 Å². The number of carbonyl (C=O) groups is 1. The molecule has 1 N–H and O–H groups in total. The van der Waals surface area contributed by atoms with Crippen molar-refractivity contribution in [1.29, 1.82) is 0 Å². The fraction of sp³-hybridized carbons (Fsp3) is 0.333. The third-order valence-electron chi connectivity index (χ3n) is 5.20. The maximum atomic E-state index is 12.9. The fourth-order valence-corrected chi connectivity index (χ4v) is 3.72. The predicted molar refractivity (Wildman–Crippen MR) is 106 cm³/mol. The normalized spacial score (nSPS) is 16.5. The second-order valence-corrected chi connectivity index (χ2v) is 7.41. The molecule has 3 heterocycles. The molecule has 7 nitrogen and oxygen atoms in total. The maximum absolute atomic E-state index is 12.9. The van der Waals surface area contributed by atoms with Gasteiger partial charge in [-0.1, -0.05) is 29.8 Å². The number of nitrogens with one attached hydrogen (secondary N) is 1. The van der Waals surface area contributed by atoms with Gasteiger partial charge in [0.05, 0.1) is 11.7 Å². The van der Waals surface area contributed by atoms with Gasteiger partial charge in [0, 0.05) is 30.5 Å². The summed E-state index contributed by atoms with van der Waals surface area (Å²) in [5.74, 6) is 0.178. The largest absolute Gasteiger partial charge is 0.336 e. The van der Waals surface area contributed by atoms with Crippen LogP contribution in [-0.2, 0) is 0 Å². The van der Waals surface area contributed by atoms with Crippen LogP contribution >= 0.6 is 0 Å². The van der Waals surface area contributed by atoms with Gasteiger partial charge in [-0.15, -0.1) is 0 Å². The summed E-state index contributed by atoms with van der Waals surface area (Å²) in [6.07, 6.45) is 2.20. The smallest absolute Gasteiger partial charge is 0.264 e. The number of carbonyl (C=O) groups excluding carboxylic acids is 1. The van der Waals surface area contributed by atoms with Crippen LogP contribution in [0.4, 0.5) is 0 Å². The first kappa shape index (κ1) is 18.2. The number of aryl methyl sites for hydroxylation is 3. The number of hydrogen-bond donors (Lipinski definition) is 1. The second kappa shape index (κ2) is 7.07. The molecule has 0 radical (unpaired) electrons. The Balaban J connectivity index is 1.53. The topological polar surface area (TPSA) is 83.9 Å². The molecule has 1 amide bonds. The van der Waals surface area contributed by atoms with Crippen LogP contribution in [0.15, 0.2) is 41.3 Å². The molecule has 1 atom stereocenters. The van der Waals surface area contributed by atoms with E-state index in [0.29, 0.717) is 18.9 Å². The summed E-state index contributed by atoms with van der Waals surface area (Å²) in [6.45, 7) is 7.11. The maximum Gasteiger partial charge on any atom is 0.264 e. The number of likely N-dealkylation sites (tertiary alicyclic amines) is 1. The highest BCUT2D eigenvalue weighted by Gasteiger charge is 2.30. The highest BCUT2D eigenvalue weighted by atomic mass is 16.2. The van der Waals surface area contributed by atoms with Crippen molar-refractivity contribution in [1.82, 2.24) is 24.6 Å². The van der Waals surface area contributed by atoms with Crippen molar-refractivity contribution in [3.8, 4) is 11.4 Å². The number of benzene rings is 1. The molecule has 0 bridgehead atoms. The Kier molecular flexibility index (Phi) is 4.58. The summed E-state index contributed by atoms with van der Waals surface area (Å²) in [5.41, 5.74) is 3.65. The van der Waals surface area contributed by atoms with Crippen molar-refractivity contribution in [2.45, 2.75) is 33.2 Å². The lowest BCUT2D eigenvalue weighted by Gasteiger charge is -2.17. The first-order valence-corrected chi connectivity index (χ1v) is 9.41. The summed E-state index contributed by atoms with van der Waals surface area (Å²) in [4.78, 5) is 34.1. The zero-order valence-electron chi connectivity index (χ0n) is 16.3. The van der Waals surface area contributed by atoms with Crippen LogP contribution < -0.4 is 5.56 Å². The lowest BCUT2D eigenvalue weighted by atomic mass is 10.1. The Morgan fingerprint density at radius 1 is 1.18 bits per heavy atom. The fourth-order valence-electron chi connectivity index (χ4n) is 3.72. The van der Waals surface area contributed by atoms with E-state index in [0.717, 1.165) is 28.9 Å². The van der Waals surface area contributed by atoms with E-state index < -0.39 is 5.56 Å². The van der Waals surface area contributed by atoms with Crippen LogP contribution in [0.5, 0.6) is 0 Å². The second-order valence-electron chi connectivity index (χ2n) is 7.41. The van der Waals surface area contributed by atoms with Crippen LogP contribution in [0.1, 0.15) is 39.8 Å². The Bertz CT molecular complexity index is 1080. The van der Waals surface area contributed by atoms with Crippen molar-refractivity contribution >= 4 is 5.91 Å². The van der Waals surface area contributed by atoms with Gasteiger partial charge in [-0.05, 0) is 33.3 Å². The Morgan fingerprint density at radius 2 is 1.93 bits per heavy atom. The van der Waals surface area contributed by atoms with Gasteiger partial charge in [-0.25, -0.2) is 4.98 Å². The molecule has 0 spiro atoms. The van der Waals surface area contributed by atoms with E-state index >= 15 is 0 Å². The van der Waals surface area contributed by atoms with Crippen molar-refractivity contribution in [2.24, 2.45) is 0 Å². The molecule has 1 fully saturated rings. The van der Waals surface area contributed by atoms with Crippen LogP contribution in [0, 0.1) is 20.8 Å². The number of aromatic nitrogens is 4. The summed E-state index contributed by atoms with van der Waals surface area (Å²) in [6, 6.07) is 9.87. The average molecular weight is 377 g/mol. The molecule has 1 aliphatic rings. The van der Waals surface area contributed by atoms with E-state index in [1.165, 1.54) is 6.20 Å². The quantitative estimate of drug-likeness (QED) is 0.761. The predicted octanol–water partition coefficient (Wildman–Crippen LogP) is 2.65. The summed E-state index contributed by atoms with van der Waals surface area (Å²) >= 11 is 0. The van der Waals surface area contributed by atoms with Gasteiger partial charge in [0.2, 0.25) is 0 Å². The van der Waals surface area contributed by atoms with Gasteiger partial charge in [-0.3, -0.25) is 14.3 Å². The molecule has 7 heteroatoms. The molecule has 0 saturated carbocycles. The third-order valence-corrected chi connectivity index (χ3v) is 5.20. The average Bonchev–Trinajstić information content (AvgIpc) is 3.28. The van der Waals surface area contributed by atoms with E-state index in [9.17, 15) is 9.59 Å².